The molecule has 0 aliphatic rings. The third-order valence-corrected chi connectivity index (χ3v) is 3.02. The molecule has 0 aromatic heterocycles. The number of rotatable bonds is 2. The van der Waals surface area contributed by atoms with Gasteiger partial charge in [-0.05, 0) is 35.8 Å². The van der Waals surface area contributed by atoms with Crippen molar-refractivity contribution in [2.45, 2.75) is 47.0 Å². The van der Waals surface area contributed by atoms with Gasteiger partial charge in [-0.15, -0.1) is 0 Å². The van der Waals surface area contributed by atoms with Gasteiger partial charge in [0.15, 0.2) is 0 Å². The van der Waals surface area contributed by atoms with E-state index in [1.165, 1.54) is 17.5 Å². The van der Waals surface area contributed by atoms with Crippen LogP contribution in [0.1, 0.15) is 51.2 Å². The highest BCUT2D eigenvalue weighted by Gasteiger charge is 2.25. The van der Waals surface area contributed by atoms with Gasteiger partial charge < -0.3 is 0 Å². The zero-order valence-electron chi connectivity index (χ0n) is 10.1. The fourth-order valence-electron chi connectivity index (χ4n) is 2.28. The van der Waals surface area contributed by atoms with Crippen LogP contribution in [0.2, 0.25) is 0 Å². The van der Waals surface area contributed by atoms with Crippen LogP contribution in [0.25, 0.3) is 0 Å². The lowest BCUT2D eigenvalue weighted by atomic mass is 9.74. The molecule has 0 aliphatic carbocycles. The fourth-order valence-corrected chi connectivity index (χ4v) is 2.28. The summed E-state index contributed by atoms with van der Waals surface area (Å²) in [5.41, 5.74) is 3.30. The van der Waals surface area contributed by atoms with Crippen molar-refractivity contribution in [3.05, 3.63) is 35.4 Å². The Morgan fingerprint density at radius 2 is 1.71 bits per heavy atom. The third-order valence-electron chi connectivity index (χ3n) is 3.02. The van der Waals surface area contributed by atoms with Crippen LogP contribution < -0.4 is 0 Å². The summed E-state index contributed by atoms with van der Waals surface area (Å²) in [6.45, 7) is 11.5. The molecule has 1 rings (SSSR count). The van der Waals surface area contributed by atoms with Crippen LogP contribution in [0.15, 0.2) is 24.3 Å². The molecule has 0 saturated heterocycles. The number of hydrogen-bond donors (Lipinski definition) is 0. The first-order valence-electron chi connectivity index (χ1n) is 5.52. The van der Waals surface area contributed by atoms with Gasteiger partial charge in [0, 0.05) is 0 Å². The molecule has 0 amide bonds. The van der Waals surface area contributed by atoms with E-state index >= 15 is 0 Å². The lowest BCUT2D eigenvalue weighted by Gasteiger charge is -2.31. The second kappa shape index (κ2) is 4.16. The Balaban J connectivity index is 3.08. The normalized spacial score (nSPS) is 14.1. The van der Waals surface area contributed by atoms with Crippen molar-refractivity contribution in [3.8, 4) is 0 Å². The molecule has 0 radical (unpaired) electrons. The van der Waals surface area contributed by atoms with Crippen molar-refractivity contribution in [1.82, 2.24) is 0 Å². The second-order valence-corrected chi connectivity index (χ2v) is 5.18. The van der Waals surface area contributed by atoms with E-state index in [0.717, 1.165) is 0 Å². The largest absolute Gasteiger partial charge is 0.0648 e. The summed E-state index contributed by atoms with van der Waals surface area (Å²) < 4.78 is 0. The second-order valence-electron chi connectivity index (χ2n) is 5.18. The average molecular weight is 190 g/mol. The predicted octanol–water partition coefficient (Wildman–Crippen LogP) is 4.53. The smallest absolute Gasteiger partial charge is 0.0113 e. The maximum Gasteiger partial charge on any atom is -0.0113 e. The summed E-state index contributed by atoms with van der Waals surface area (Å²) in [6.07, 6.45) is 1.22. The Kier molecular flexibility index (Phi) is 3.36. The first-order chi connectivity index (χ1) is 6.46. The van der Waals surface area contributed by atoms with Crippen molar-refractivity contribution < 1.29 is 0 Å². The summed E-state index contributed by atoms with van der Waals surface area (Å²) in [5, 5.41) is 0. The van der Waals surface area contributed by atoms with E-state index in [1.807, 2.05) is 0 Å². The molecular formula is C14H22. The van der Waals surface area contributed by atoms with Gasteiger partial charge in [-0.25, -0.2) is 0 Å². The van der Waals surface area contributed by atoms with Crippen LogP contribution in [-0.4, -0.2) is 0 Å². The van der Waals surface area contributed by atoms with Gasteiger partial charge in [0.1, 0.15) is 0 Å². The van der Waals surface area contributed by atoms with Crippen molar-refractivity contribution in [2.24, 2.45) is 5.41 Å². The maximum absolute atomic E-state index is 2.33. The quantitative estimate of drug-likeness (QED) is 0.642. The summed E-state index contributed by atoms with van der Waals surface area (Å²) in [5.74, 6) is 0.670. The monoisotopic (exact) mass is 190 g/mol. The standard InChI is InChI=1S/C14H22/c1-6-13(14(3,4)5)12-10-8-7-9-11(12)2/h7-10,13H,6H2,1-5H3. The van der Waals surface area contributed by atoms with Gasteiger partial charge in [0.25, 0.3) is 0 Å². The lowest BCUT2D eigenvalue weighted by molar-refractivity contribution is 0.311. The molecule has 0 nitrogen and oxygen atoms in total. The summed E-state index contributed by atoms with van der Waals surface area (Å²) in [6, 6.07) is 8.75. The maximum atomic E-state index is 2.33. The Morgan fingerprint density at radius 1 is 1.14 bits per heavy atom. The first kappa shape index (κ1) is 11.3. The van der Waals surface area contributed by atoms with Crippen LogP contribution in [0.5, 0.6) is 0 Å². The van der Waals surface area contributed by atoms with E-state index in [0.29, 0.717) is 11.3 Å². The molecular weight excluding hydrogens is 168 g/mol. The van der Waals surface area contributed by atoms with E-state index in [-0.39, 0.29) is 0 Å². The summed E-state index contributed by atoms with van der Waals surface area (Å²) in [7, 11) is 0. The molecule has 14 heavy (non-hydrogen) atoms. The van der Waals surface area contributed by atoms with E-state index in [4.69, 9.17) is 0 Å². The minimum atomic E-state index is 0.362. The molecule has 1 unspecified atom stereocenters. The highest BCUT2D eigenvalue weighted by molar-refractivity contribution is 5.30. The minimum absolute atomic E-state index is 0.362. The third kappa shape index (κ3) is 2.37. The predicted molar refractivity (Wildman–Crippen MR) is 63.7 cm³/mol. The Labute approximate surface area is 88.4 Å². The van der Waals surface area contributed by atoms with Gasteiger partial charge in [-0.2, -0.15) is 0 Å². The van der Waals surface area contributed by atoms with Crippen LogP contribution >= 0.6 is 0 Å². The number of aryl methyl sites for hydroxylation is 1. The molecule has 0 heteroatoms. The molecule has 0 spiro atoms. The topological polar surface area (TPSA) is 0 Å². The van der Waals surface area contributed by atoms with E-state index in [2.05, 4.69) is 58.9 Å². The molecule has 0 saturated carbocycles. The average Bonchev–Trinajstić information content (AvgIpc) is 2.07. The molecule has 1 atom stereocenters. The molecule has 0 heterocycles. The molecule has 78 valence electrons. The van der Waals surface area contributed by atoms with E-state index in [1.54, 1.807) is 0 Å². The Hall–Kier alpha value is -0.780. The molecule has 0 aliphatic heterocycles. The van der Waals surface area contributed by atoms with Crippen molar-refractivity contribution in [3.63, 3.8) is 0 Å². The molecule has 0 fully saturated rings. The highest BCUT2D eigenvalue weighted by Crippen LogP contribution is 2.38. The van der Waals surface area contributed by atoms with Crippen LogP contribution in [0, 0.1) is 12.3 Å². The summed E-state index contributed by atoms with van der Waals surface area (Å²) in [4.78, 5) is 0. The highest BCUT2D eigenvalue weighted by atomic mass is 14.3. The Morgan fingerprint density at radius 3 is 2.14 bits per heavy atom. The SMILES string of the molecule is CCC(c1ccccc1C)C(C)(C)C. The van der Waals surface area contributed by atoms with Gasteiger partial charge in [-0.3, -0.25) is 0 Å². The van der Waals surface area contributed by atoms with E-state index in [9.17, 15) is 0 Å². The molecule has 1 aromatic rings. The zero-order valence-corrected chi connectivity index (χ0v) is 10.1. The minimum Gasteiger partial charge on any atom is -0.0648 e. The van der Waals surface area contributed by atoms with Gasteiger partial charge in [0.2, 0.25) is 0 Å². The summed E-state index contributed by atoms with van der Waals surface area (Å²) >= 11 is 0. The van der Waals surface area contributed by atoms with Crippen LogP contribution in [0.4, 0.5) is 0 Å². The van der Waals surface area contributed by atoms with Crippen molar-refractivity contribution in [2.75, 3.05) is 0 Å². The van der Waals surface area contributed by atoms with Gasteiger partial charge in [0.05, 0.1) is 0 Å². The molecule has 1 aromatic carbocycles. The van der Waals surface area contributed by atoms with Crippen LogP contribution in [-0.2, 0) is 0 Å². The van der Waals surface area contributed by atoms with Crippen molar-refractivity contribution >= 4 is 0 Å². The first-order valence-corrected chi connectivity index (χ1v) is 5.52. The molecule has 0 N–H and O–H groups in total. The van der Waals surface area contributed by atoms with E-state index < -0.39 is 0 Å². The van der Waals surface area contributed by atoms with Gasteiger partial charge in [-0.1, -0.05) is 52.0 Å². The number of benzene rings is 1. The van der Waals surface area contributed by atoms with Crippen LogP contribution in [0.3, 0.4) is 0 Å². The zero-order chi connectivity index (χ0) is 10.8. The molecule has 0 bridgehead atoms. The Bertz CT molecular complexity index is 291. The van der Waals surface area contributed by atoms with Gasteiger partial charge >= 0.3 is 0 Å². The van der Waals surface area contributed by atoms with Crippen molar-refractivity contribution in [1.29, 1.82) is 0 Å². The fraction of sp³-hybridized carbons (Fsp3) is 0.571. The number of hydrogen-bond acceptors (Lipinski definition) is 0. The lowest BCUT2D eigenvalue weighted by Crippen LogP contribution is -2.18.